The van der Waals surface area contributed by atoms with Crippen LogP contribution >= 0.6 is 0 Å². The first-order chi connectivity index (χ1) is 10.9. The van der Waals surface area contributed by atoms with E-state index in [1.54, 1.807) is 43.3 Å². The van der Waals surface area contributed by atoms with Crippen molar-refractivity contribution in [1.82, 2.24) is 5.32 Å². The van der Waals surface area contributed by atoms with E-state index in [9.17, 15) is 14.0 Å². The van der Waals surface area contributed by atoms with Crippen molar-refractivity contribution in [1.29, 1.82) is 0 Å². The third-order valence-corrected chi connectivity index (χ3v) is 3.35. The van der Waals surface area contributed by atoms with Crippen LogP contribution in [0.4, 0.5) is 10.1 Å². The number of hydrogen-bond donors (Lipinski definition) is 2. The summed E-state index contributed by atoms with van der Waals surface area (Å²) in [6, 6.07) is 11.9. The molecular weight excluding hydrogens is 295 g/mol. The first kappa shape index (κ1) is 16.7. The number of benzene rings is 2. The zero-order valence-electron chi connectivity index (χ0n) is 13.2. The fourth-order valence-electron chi connectivity index (χ4n) is 2.17. The van der Waals surface area contributed by atoms with Gasteiger partial charge in [0, 0.05) is 19.2 Å². The van der Waals surface area contributed by atoms with E-state index in [2.05, 4.69) is 10.6 Å². The molecule has 0 spiro atoms. The molecule has 0 heterocycles. The third-order valence-electron chi connectivity index (χ3n) is 3.35. The van der Waals surface area contributed by atoms with Crippen LogP contribution in [-0.4, -0.2) is 11.8 Å². The van der Waals surface area contributed by atoms with E-state index in [0.29, 0.717) is 17.8 Å². The highest BCUT2D eigenvalue weighted by atomic mass is 19.1. The molecule has 0 aromatic heterocycles. The summed E-state index contributed by atoms with van der Waals surface area (Å²) in [5, 5.41) is 5.48. The van der Waals surface area contributed by atoms with Gasteiger partial charge in [-0.05, 0) is 41.8 Å². The number of aryl methyl sites for hydroxylation is 1. The predicted octanol–water partition coefficient (Wildman–Crippen LogP) is 2.95. The van der Waals surface area contributed by atoms with Crippen molar-refractivity contribution < 1.29 is 14.0 Å². The molecule has 0 saturated heterocycles. The molecule has 0 radical (unpaired) electrons. The second-order valence-corrected chi connectivity index (χ2v) is 5.42. The SMILES string of the molecule is CC(=O)Nc1ccc(CC(=O)NCc2ccc(F)c(C)c2)cc1. The van der Waals surface area contributed by atoms with Gasteiger partial charge in [0.05, 0.1) is 6.42 Å². The number of amides is 2. The van der Waals surface area contributed by atoms with Gasteiger partial charge in [0.1, 0.15) is 5.82 Å². The Morgan fingerprint density at radius 3 is 2.30 bits per heavy atom. The maximum atomic E-state index is 13.2. The Labute approximate surface area is 134 Å². The number of anilines is 1. The number of hydrogen-bond acceptors (Lipinski definition) is 2. The lowest BCUT2D eigenvalue weighted by molar-refractivity contribution is -0.120. The van der Waals surface area contributed by atoms with Crippen LogP contribution in [0.2, 0.25) is 0 Å². The van der Waals surface area contributed by atoms with Crippen molar-refractivity contribution in [3.05, 3.63) is 65.0 Å². The summed E-state index contributed by atoms with van der Waals surface area (Å²) in [5.74, 6) is -0.497. The topological polar surface area (TPSA) is 58.2 Å². The summed E-state index contributed by atoms with van der Waals surface area (Å²) in [6.45, 7) is 3.50. The maximum Gasteiger partial charge on any atom is 0.224 e. The highest BCUT2D eigenvalue weighted by Gasteiger charge is 2.05. The average Bonchev–Trinajstić information content (AvgIpc) is 2.50. The lowest BCUT2D eigenvalue weighted by atomic mass is 10.1. The van der Waals surface area contributed by atoms with Crippen LogP contribution in [-0.2, 0) is 22.6 Å². The minimum absolute atomic E-state index is 0.112. The standard InChI is InChI=1S/C18H19FN2O2/c1-12-9-15(5-8-17(12)19)11-20-18(23)10-14-3-6-16(7-4-14)21-13(2)22/h3-9H,10-11H2,1-2H3,(H,20,23)(H,21,22). The van der Waals surface area contributed by atoms with Gasteiger partial charge >= 0.3 is 0 Å². The van der Waals surface area contributed by atoms with Crippen LogP contribution in [0.15, 0.2) is 42.5 Å². The molecule has 0 aliphatic heterocycles. The van der Waals surface area contributed by atoms with Crippen LogP contribution in [0, 0.1) is 12.7 Å². The van der Waals surface area contributed by atoms with Crippen molar-refractivity contribution in [3.63, 3.8) is 0 Å². The Balaban J connectivity index is 1.86. The fourth-order valence-corrected chi connectivity index (χ4v) is 2.17. The van der Waals surface area contributed by atoms with Crippen molar-refractivity contribution >= 4 is 17.5 Å². The largest absolute Gasteiger partial charge is 0.352 e. The third kappa shape index (κ3) is 5.21. The summed E-state index contributed by atoms with van der Waals surface area (Å²) in [6.07, 6.45) is 0.251. The zero-order valence-corrected chi connectivity index (χ0v) is 13.2. The van der Waals surface area contributed by atoms with E-state index in [0.717, 1.165) is 11.1 Å². The minimum Gasteiger partial charge on any atom is -0.352 e. The maximum absolute atomic E-state index is 13.2. The number of rotatable bonds is 5. The molecule has 0 unspecified atom stereocenters. The first-order valence-electron chi connectivity index (χ1n) is 7.32. The quantitative estimate of drug-likeness (QED) is 0.891. The van der Waals surface area contributed by atoms with Gasteiger partial charge in [0.25, 0.3) is 0 Å². The molecule has 2 amide bonds. The molecule has 0 aliphatic carbocycles. The summed E-state index contributed by atoms with van der Waals surface area (Å²) < 4.78 is 13.2. The summed E-state index contributed by atoms with van der Waals surface area (Å²) in [5.41, 5.74) is 2.97. The Kier molecular flexibility index (Phi) is 5.46. The van der Waals surface area contributed by atoms with Crippen molar-refractivity contribution in [2.45, 2.75) is 26.8 Å². The van der Waals surface area contributed by atoms with Crippen LogP contribution in [0.1, 0.15) is 23.6 Å². The van der Waals surface area contributed by atoms with Gasteiger partial charge in [-0.2, -0.15) is 0 Å². The van der Waals surface area contributed by atoms with Crippen LogP contribution < -0.4 is 10.6 Å². The summed E-state index contributed by atoms with van der Waals surface area (Å²) in [7, 11) is 0. The number of nitrogens with one attached hydrogen (secondary N) is 2. The molecule has 0 atom stereocenters. The first-order valence-corrected chi connectivity index (χ1v) is 7.32. The molecule has 2 aromatic carbocycles. The van der Waals surface area contributed by atoms with Gasteiger partial charge in [-0.3, -0.25) is 9.59 Å². The molecule has 0 fully saturated rings. The fraction of sp³-hybridized carbons (Fsp3) is 0.222. The van der Waals surface area contributed by atoms with E-state index in [-0.39, 0.29) is 24.1 Å². The van der Waals surface area contributed by atoms with E-state index >= 15 is 0 Å². The number of halogens is 1. The summed E-state index contributed by atoms with van der Waals surface area (Å²) in [4.78, 5) is 22.9. The summed E-state index contributed by atoms with van der Waals surface area (Å²) >= 11 is 0. The molecule has 4 nitrogen and oxygen atoms in total. The van der Waals surface area contributed by atoms with E-state index in [4.69, 9.17) is 0 Å². The average molecular weight is 314 g/mol. The molecule has 2 N–H and O–H groups in total. The second-order valence-electron chi connectivity index (χ2n) is 5.42. The Morgan fingerprint density at radius 1 is 1.04 bits per heavy atom. The van der Waals surface area contributed by atoms with Crippen molar-refractivity contribution in [2.24, 2.45) is 0 Å². The lowest BCUT2D eigenvalue weighted by Crippen LogP contribution is -2.24. The molecule has 0 saturated carbocycles. The van der Waals surface area contributed by atoms with Gasteiger partial charge in [0.2, 0.25) is 11.8 Å². The minimum atomic E-state index is -0.251. The second kappa shape index (κ2) is 7.54. The van der Waals surface area contributed by atoms with Gasteiger partial charge in [-0.15, -0.1) is 0 Å². The number of carbonyl (C=O) groups is 2. The Bertz CT molecular complexity index is 711. The predicted molar refractivity (Wildman–Crippen MR) is 87.4 cm³/mol. The smallest absolute Gasteiger partial charge is 0.224 e. The van der Waals surface area contributed by atoms with Gasteiger partial charge in [-0.25, -0.2) is 4.39 Å². The van der Waals surface area contributed by atoms with Crippen LogP contribution in [0.25, 0.3) is 0 Å². The molecule has 2 aromatic rings. The molecule has 0 aliphatic rings. The molecule has 23 heavy (non-hydrogen) atoms. The van der Waals surface area contributed by atoms with Crippen molar-refractivity contribution in [3.8, 4) is 0 Å². The lowest BCUT2D eigenvalue weighted by Gasteiger charge is -2.08. The van der Waals surface area contributed by atoms with Crippen molar-refractivity contribution in [2.75, 3.05) is 5.32 Å². The van der Waals surface area contributed by atoms with Gasteiger partial charge < -0.3 is 10.6 Å². The van der Waals surface area contributed by atoms with Gasteiger partial charge in [-0.1, -0.05) is 24.3 Å². The van der Waals surface area contributed by atoms with E-state index in [1.807, 2.05) is 0 Å². The highest BCUT2D eigenvalue weighted by Crippen LogP contribution is 2.11. The monoisotopic (exact) mass is 314 g/mol. The van der Waals surface area contributed by atoms with Gasteiger partial charge in [0.15, 0.2) is 0 Å². The van der Waals surface area contributed by atoms with E-state index in [1.165, 1.54) is 13.0 Å². The molecule has 0 bridgehead atoms. The zero-order chi connectivity index (χ0) is 16.8. The van der Waals surface area contributed by atoms with Crippen LogP contribution in [0.5, 0.6) is 0 Å². The Hall–Kier alpha value is -2.69. The molecule has 5 heteroatoms. The van der Waals surface area contributed by atoms with Crippen LogP contribution in [0.3, 0.4) is 0 Å². The number of carbonyl (C=O) groups excluding carboxylic acids is 2. The Morgan fingerprint density at radius 2 is 1.70 bits per heavy atom. The molecule has 120 valence electrons. The highest BCUT2D eigenvalue weighted by molar-refractivity contribution is 5.88. The van der Waals surface area contributed by atoms with E-state index < -0.39 is 0 Å². The molecular formula is C18H19FN2O2. The normalized spacial score (nSPS) is 10.2. The molecule has 2 rings (SSSR count).